The number of rotatable bonds is 23. The van der Waals surface area contributed by atoms with Gasteiger partial charge >= 0.3 is 18.2 Å². The number of alkyl carbamates (subject to hydrolysis) is 2. The molecule has 8 aromatic carbocycles. The van der Waals surface area contributed by atoms with Gasteiger partial charge in [-0.3, -0.25) is 14.9 Å². The number of aliphatic imine (C=N–C) groups is 1. The van der Waals surface area contributed by atoms with E-state index in [0.29, 0.717) is 5.56 Å². The summed E-state index contributed by atoms with van der Waals surface area (Å²) >= 11 is 6.44. The number of nitrogens with one attached hydrogen (secondary N) is 4. The highest BCUT2D eigenvalue weighted by Crippen LogP contribution is 2.47. The van der Waals surface area contributed by atoms with E-state index in [2.05, 4.69) is 79.9 Å². The van der Waals surface area contributed by atoms with Gasteiger partial charge < -0.3 is 56.0 Å². The second kappa shape index (κ2) is 49.0. The van der Waals surface area contributed by atoms with Crippen molar-refractivity contribution in [3.05, 3.63) is 360 Å². The first kappa shape index (κ1) is 117. The first-order chi connectivity index (χ1) is 65.0. The Morgan fingerprint density at radius 1 is 0.486 bits per heavy atom. The van der Waals surface area contributed by atoms with E-state index in [0.717, 1.165) is 31.2 Å². The number of aliphatic hydroxyl groups is 3. The lowest BCUT2D eigenvalue weighted by molar-refractivity contribution is -0.164. The predicted octanol–water partition coefficient (Wildman–Crippen LogP) is 22.4. The Hall–Kier alpha value is -11.9. The van der Waals surface area contributed by atoms with Crippen LogP contribution >= 0.6 is 34.8 Å². The Labute approximate surface area is 810 Å². The number of thiocarbonyl (C=S) groups is 1. The maximum absolute atomic E-state index is 15.0. The number of nitrogens with two attached hydrogens (primary N) is 1. The van der Waals surface area contributed by atoms with Gasteiger partial charge in [0.2, 0.25) is 6.10 Å². The van der Waals surface area contributed by atoms with E-state index < -0.39 is 235 Å². The molecule has 12 rings (SSSR count). The van der Waals surface area contributed by atoms with Crippen molar-refractivity contribution in [2.45, 2.75) is 199 Å². The molecule has 9 N–H and O–H groups in total. The quantitative estimate of drug-likeness (QED) is 0.00741. The molecule has 3 amide bonds. The molecule has 3 saturated heterocycles. The summed E-state index contributed by atoms with van der Waals surface area (Å²) in [5.74, 6) is -16.5. The van der Waals surface area contributed by atoms with Gasteiger partial charge in [-0.15, -0.1) is 0 Å². The third-order valence-electron chi connectivity index (χ3n) is 23.0. The number of cyclic esters (lactones) is 3. The normalized spacial score (nSPS) is 24.0. The molecule has 3 fully saturated rings. The monoisotopic (exact) mass is 2120 g/mol. The van der Waals surface area contributed by atoms with Gasteiger partial charge in [0.15, 0.2) is 66.4 Å². The second-order valence-electron chi connectivity index (χ2n) is 33.7. The number of benzene rings is 8. The standard InChI is InChI=1S/C20H19F3N2O2S.C14H14F3NO.C14H13F3O2.C13H12F4INO2.C13H12F3NO2.C13H15F3O.C12H14F3NO/c1-12(21)16(26)17(23)20(2,14-10-6-7-11-15(14)22)25-19(28)24-18(27)13-8-4-3-5-9-13;1-8(15)12-13(17)14(3,18-9(2)19-12)10-6-4-5-7-11(10)16;1-8(15)12-13(17)14(2,7-11(18)19-12)9-5-3-4-6-10(9)16;1-12(7-4-2-3-5-8(7)14)9(15)10(13(16,17)6-18)21-11(20)19-12;1-7(14)10-11(16)13(2,17-12(18)19-10)8-5-3-4-6-9(8)15;1-8(14)11(17)12(16)13(2,3)9-6-4-5-7-10(9)15;1-7(13)10(17)11(15)12(2,16)8-5-3-4-6-9(8)14/h3-11,16-17,26H,1H2,2H3,(H2,24,25,27,28);4-7,12-13H,1H2,2-3H3;3-6,12-13H,1,7H2,2H3;2-5,9-10H,6H2,1H3,(H,19,20);3-6,10-11H,1H2,2H3,(H,17,18);4-7,11-12,17H,1H2,2-3H3;3-6,10-11,17H,1,16H2,2H3/t16-,17+,20-;2*12-,13+,14-;9-,10-,12+;10-,11+,13-;11-,12+;10-,11+,12-/m1110111/s1. The highest BCUT2D eigenvalue weighted by molar-refractivity contribution is 14.1. The molecule has 0 radical (unpaired) electrons. The molecule has 20 atom stereocenters. The largest absolute Gasteiger partial charge is 0.468 e. The van der Waals surface area contributed by atoms with Crippen LogP contribution in [-0.2, 0) is 62.3 Å². The van der Waals surface area contributed by atoms with E-state index in [1.54, 1.807) is 42.5 Å². The van der Waals surface area contributed by atoms with Crippen LogP contribution in [0.2, 0.25) is 0 Å². The van der Waals surface area contributed by atoms with E-state index in [9.17, 15) is 127 Å². The van der Waals surface area contributed by atoms with Crippen molar-refractivity contribution in [2.24, 2.45) is 10.7 Å². The summed E-state index contributed by atoms with van der Waals surface area (Å²) in [4.78, 5) is 50.7. The van der Waals surface area contributed by atoms with Crippen molar-refractivity contribution in [1.82, 2.24) is 21.3 Å². The van der Waals surface area contributed by atoms with E-state index in [-0.39, 0.29) is 56.4 Å². The second-order valence-corrected chi connectivity index (χ2v) is 34.9. The van der Waals surface area contributed by atoms with Crippen LogP contribution in [0.3, 0.4) is 0 Å². The van der Waals surface area contributed by atoms with Crippen LogP contribution in [0.5, 0.6) is 0 Å². The van der Waals surface area contributed by atoms with Crippen molar-refractivity contribution in [3.63, 3.8) is 0 Å². The van der Waals surface area contributed by atoms with Gasteiger partial charge in [0, 0.05) is 51.1 Å². The smallest absolute Gasteiger partial charge is 0.408 e. The lowest BCUT2D eigenvalue weighted by atomic mass is 9.72. The zero-order valence-corrected chi connectivity index (χ0v) is 79.0. The zero-order valence-electron chi connectivity index (χ0n) is 76.0. The van der Waals surface area contributed by atoms with Crippen molar-refractivity contribution in [1.29, 1.82) is 0 Å². The van der Waals surface area contributed by atoms with Crippen LogP contribution in [0.1, 0.15) is 118 Å². The Morgan fingerprint density at radius 3 is 1.25 bits per heavy atom. The molecule has 0 aromatic heterocycles. The Morgan fingerprint density at radius 2 is 0.836 bits per heavy atom. The Kier molecular flexibility index (Phi) is 40.9. The van der Waals surface area contributed by atoms with Crippen molar-refractivity contribution >= 4 is 69.9 Å². The summed E-state index contributed by atoms with van der Waals surface area (Å²) in [5.41, 5.74) is -6.35. The van der Waals surface area contributed by atoms with Crippen LogP contribution < -0.4 is 27.0 Å². The number of hydrogen-bond donors (Lipinski definition) is 8. The lowest BCUT2D eigenvalue weighted by Crippen LogP contribution is -2.65. The molecular weight excluding hydrogens is 2030 g/mol. The molecule has 41 heteroatoms. The van der Waals surface area contributed by atoms with Crippen LogP contribution in [-0.4, -0.2) is 147 Å². The third-order valence-corrected chi connectivity index (χ3v) is 24.2. The van der Waals surface area contributed by atoms with Gasteiger partial charge in [0.05, 0.1) is 21.9 Å². The average Bonchev–Trinajstić information content (AvgIpc) is 0.752. The van der Waals surface area contributed by atoms with E-state index in [1.807, 2.05) is 0 Å². The third kappa shape index (κ3) is 27.6. The molecule has 0 bridgehead atoms. The fourth-order valence-corrected chi connectivity index (χ4v) is 15.6. The first-order valence-corrected chi connectivity index (χ1v) is 43.6. The Bertz CT molecular complexity index is 5610. The number of esters is 1. The minimum Gasteiger partial charge on any atom is -0.468 e. The molecule has 4 heterocycles. The fourth-order valence-electron chi connectivity index (χ4n) is 14.9. The molecule has 4 aliphatic heterocycles. The summed E-state index contributed by atoms with van der Waals surface area (Å²) in [5, 5.41) is 37.2. The van der Waals surface area contributed by atoms with Gasteiger partial charge in [-0.05, 0) is 113 Å². The number of hydrogen-bond acceptors (Lipinski definition) is 14. The maximum Gasteiger partial charge on any atom is 0.408 e. The first-order valence-electron chi connectivity index (χ1n) is 41.7. The number of carbonyl (C=O) groups is 4. The van der Waals surface area contributed by atoms with Gasteiger partial charge in [0.1, 0.15) is 117 Å². The molecule has 140 heavy (non-hydrogen) atoms. The zero-order chi connectivity index (χ0) is 106. The molecule has 8 aromatic rings. The summed E-state index contributed by atoms with van der Waals surface area (Å²) in [6.45, 7) is 29.4. The number of halogens is 23. The summed E-state index contributed by atoms with van der Waals surface area (Å²) in [6, 6.07) is 46.1. The molecule has 0 unspecified atom stereocenters. The predicted molar refractivity (Wildman–Crippen MR) is 493 cm³/mol. The highest BCUT2D eigenvalue weighted by Gasteiger charge is 2.60. The van der Waals surface area contributed by atoms with Crippen LogP contribution in [0.25, 0.3) is 0 Å². The molecule has 0 saturated carbocycles. The van der Waals surface area contributed by atoms with Gasteiger partial charge in [-0.25, -0.2) is 111 Å². The number of nitrogens with zero attached hydrogens (tertiary/aromatic N) is 1. The van der Waals surface area contributed by atoms with E-state index >= 15 is 4.39 Å². The SMILES string of the molecule is C=C(F)[C@@H](O)[C@H](F)C(C)(C)c1ccccc1F.C=C(F)[C@@H](O)[C@H](F)[C@](C)(N)c1ccccc1F.C=C(F)[C@@H](O)[C@H](F)[C@](C)(NC(=S)NC(=O)c1ccccc1)c1ccccc1F.C=C(F)[C@H]1OC(=O)C[C@](C)(c2ccccc2F)[C@H]1F.C=C(F)[C@H]1OC(=O)N[C@](C)(c2ccccc2F)[C@H]1F.C=C(F)[C@H]1OC(C)=N[C@](C)(c2ccccc2F)[C@H]1F.C[C@]1(c2ccccc2F)NC(=O)O[C@H](C(F)(F)CI)[C@@H]1F. The fraction of sp³-hybridized carbons (Fsp3) is 0.333. The van der Waals surface area contributed by atoms with Gasteiger partial charge in [-0.2, -0.15) is 0 Å². The number of alkyl halides is 10. The summed E-state index contributed by atoms with van der Waals surface area (Å²) in [6.07, 6.45) is -30.6. The molecular formula is C99H99F22IN6O11S. The van der Waals surface area contributed by atoms with E-state index in [4.69, 9.17) is 22.7 Å². The number of carbonyl (C=O) groups excluding carboxylic acids is 4. The van der Waals surface area contributed by atoms with Crippen LogP contribution in [0.4, 0.5) is 106 Å². The Balaban J connectivity index is 0.000000252. The van der Waals surface area contributed by atoms with Gasteiger partial charge in [-0.1, -0.05) is 228 Å². The van der Waals surface area contributed by atoms with E-state index in [1.165, 1.54) is 211 Å². The maximum atomic E-state index is 15.0. The number of ether oxygens (including phenoxy) is 4. The van der Waals surface area contributed by atoms with Crippen molar-refractivity contribution in [3.8, 4) is 0 Å². The van der Waals surface area contributed by atoms with Crippen molar-refractivity contribution in [2.75, 3.05) is 4.43 Å². The number of amides is 3. The lowest BCUT2D eigenvalue weighted by Gasteiger charge is -2.43. The molecule has 0 aliphatic carbocycles. The van der Waals surface area contributed by atoms with Gasteiger partial charge in [0.25, 0.3) is 11.8 Å². The minimum atomic E-state index is -3.55. The average molecular weight is 2130 g/mol. The van der Waals surface area contributed by atoms with Crippen LogP contribution in [0.15, 0.2) is 280 Å². The minimum absolute atomic E-state index is 0.0328. The topological polar surface area (TPSA) is 252 Å². The molecule has 0 spiro atoms. The molecule has 4 aliphatic rings. The molecule has 17 nitrogen and oxygen atoms in total. The van der Waals surface area contributed by atoms with Crippen LogP contribution in [0, 0.1) is 40.7 Å². The summed E-state index contributed by atoms with van der Waals surface area (Å²) < 4.78 is 321. The highest BCUT2D eigenvalue weighted by atomic mass is 127. The summed E-state index contributed by atoms with van der Waals surface area (Å²) in [7, 11) is 0. The number of aliphatic hydroxyl groups excluding tert-OH is 3. The molecule has 758 valence electrons. The van der Waals surface area contributed by atoms with Crippen molar-refractivity contribution < 1.29 is 150 Å².